The fourth-order valence-electron chi connectivity index (χ4n) is 4.04. The van der Waals surface area contributed by atoms with E-state index >= 15 is 0 Å². The number of carbonyl (C=O) groups excluding carboxylic acids is 1. The van der Waals surface area contributed by atoms with Crippen LogP contribution in [0.4, 0.5) is 0 Å². The molecule has 2 heterocycles. The van der Waals surface area contributed by atoms with Crippen LogP contribution in [0.25, 0.3) is 0 Å². The molecule has 0 radical (unpaired) electrons. The zero-order valence-electron chi connectivity index (χ0n) is 13.9. The Bertz CT molecular complexity index is 707. The van der Waals surface area contributed by atoms with Gasteiger partial charge in [-0.05, 0) is 36.0 Å². The lowest BCUT2D eigenvalue weighted by Crippen LogP contribution is -2.43. The molecule has 2 aliphatic heterocycles. The molecule has 126 valence electrons. The summed E-state index contributed by atoms with van der Waals surface area (Å²) < 4.78 is 0. The van der Waals surface area contributed by atoms with E-state index in [1.807, 2.05) is 11.0 Å². The number of amides is 1. The van der Waals surface area contributed by atoms with Crippen LogP contribution in [0.1, 0.15) is 24.0 Å². The number of aliphatic hydroxyl groups is 1. The second-order valence-corrected chi connectivity index (χ2v) is 7.05. The Morgan fingerprint density at radius 2 is 1.92 bits per heavy atom. The van der Waals surface area contributed by atoms with Gasteiger partial charge in [0, 0.05) is 38.3 Å². The van der Waals surface area contributed by atoms with Crippen molar-refractivity contribution in [2.75, 3.05) is 26.2 Å². The highest BCUT2D eigenvalue weighted by molar-refractivity contribution is 6.00. The predicted octanol–water partition coefficient (Wildman–Crippen LogP) is 1.89. The van der Waals surface area contributed by atoms with Crippen LogP contribution in [-0.2, 0) is 17.8 Å². The lowest BCUT2D eigenvalue weighted by Gasteiger charge is -2.31. The van der Waals surface area contributed by atoms with E-state index in [0.29, 0.717) is 19.6 Å². The first-order valence-corrected chi connectivity index (χ1v) is 8.86. The van der Waals surface area contributed by atoms with E-state index in [9.17, 15) is 9.90 Å². The lowest BCUT2D eigenvalue weighted by atomic mass is 10.00. The van der Waals surface area contributed by atoms with Crippen LogP contribution in [0.3, 0.4) is 0 Å². The molecule has 0 unspecified atom stereocenters. The Morgan fingerprint density at radius 1 is 1.08 bits per heavy atom. The predicted molar refractivity (Wildman–Crippen MR) is 93.4 cm³/mol. The summed E-state index contributed by atoms with van der Waals surface area (Å²) in [5.41, 5.74) is 4.87. The molecule has 0 saturated carbocycles. The Morgan fingerprint density at radius 3 is 2.75 bits per heavy atom. The van der Waals surface area contributed by atoms with Crippen molar-refractivity contribution in [3.8, 4) is 0 Å². The van der Waals surface area contributed by atoms with Gasteiger partial charge in [-0.25, -0.2) is 0 Å². The molecule has 1 aliphatic carbocycles. The molecule has 1 amide bonds. The molecule has 0 spiro atoms. The summed E-state index contributed by atoms with van der Waals surface area (Å²) in [5, 5.41) is 10.5. The second-order valence-electron chi connectivity index (χ2n) is 7.05. The van der Waals surface area contributed by atoms with Crippen LogP contribution in [0.5, 0.6) is 0 Å². The summed E-state index contributed by atoms with van der Waals surface area (Å²) in [7, 11) is 0. The molecule has 1 atom stereocenters. The van der Waals surface area contributed by atoms with Crippen LogP contribution < -0.4 is 0 Å². The number of aliphatic hydroxyl groups excluding tert-OH is 1. The molecule has 0 fully saturated rings. The van der Waals surface area contributed by atoms with E-state index in [-0.39, 0.29) is 5.91 Å². The quantitative estimate of drug-likeness (QED) is 0.920. The van der Waals surface area contributed by atoms with E-state index < -0.39 is 6.10 Å². The fraction of sp³-hybridized carbons (Fsp3) is 0.450. The van der Waals surface area contributed by atoms with E-state index in [0.717, 1.165) is 37.9 Å². The number of hydrogen-bond donors (Lipinski definition) is 1. The average molecular weight is 324 g/mol. The minimum Gasteiger partial charge on any atom is -0.390 e. The maximum absolute atomic E-state index is 12.4. The first kappa shape index (κ1) is 15.6. The zero-order chi connectivity index (χ0) is 16.5. The Kier molecular flexibility index (Phi) is 4.25. The highest BCUT2D eigenvalue weighted by Gasteiger charge is 2.31. The van der Waals surface area contributed by atoms with Gasteiger partial charge in [0.1, 0.15) is 0 Å². The van der Waals surface area contributed by atoms with Crippen molar-refractivity contribution >= 4 is 5.91 Å². The van der Waals surface area contributed by atoms with Gasteiger partial charge in [-0.3, -0.25) is 9.69 Å². The van der Waals surface area contributed by atoms with Crippen LogP contribution in [0, 0.1) is 0 Å². The molecule has 4 nitrogen and oxygen atoms in total. The first-order valence-electron chi connectivity index (χ1n) is 8.86. The largest absolute Gasteiger partial charge is 0.390 e. The highest BCUT2D eigenvalue weighted by Crippen LogP contribution is 2.28. The van der Waals surface area contributed by atoms with E-state index in [2.05, 4.69) is 35.2 Å². The molecule has 4 heteroatoms. The van der Waals surface area contributed by atoms with Crippen molar-refractivity contribution < 1.29 is 9.90 Å². The van der Waals surface area contributed by atoms with Gasteiger partial charge in [0.25, 0.3) is 5.91 Å². The first-order chi connectivity index (χ1) is 11.7. The van der Waals surface area contributed by atoms with Gasteiger partial charge in [0.05, 0.1) is 6.10 Å². The highest BCUT2D eigenvalue weighted by atomic mass is 16.3. The Balaban J connectivity index is 1.33. The molecule has 1 aromatic carbocycles. The Labute approximate surface area is 143 Å². The van der Waals surface area contributed by atoms with Gasteiger partial charge >= 0.3 is 0 Å². The lowest BCUT2D eigenvalue weighted by molar-refractivity contribution is -0.126. The van der Waals surface area contributed by atoms with Crippen molar-refractivity contribution in [2.45, 2.75) is 31.9 Å². The maximum atomic E-state index is 12.4. The number of allylic oxidation sites excluding steroid dienone is 1. The summed E-state index contributed by atoms with van der Waals surface area (Å²) in [6, 6.07) is 8.52. The number of rotatable bonds is 4. The standard InChI is InChI=1S/C20H24N2O2/c23-18(13-21-10-9-15-5-1-2-6-16(15)11-21)14-22-12-17-7-3-4-8-19(17)20(22)24/h1-2,4-6,8,18,23H,3,7,9-14H2/t18-/m1/s1. The molecule has 1 N–H and O–H groups in total. The van der Waals surface area contributed by atoms with Gasteiger partial charge in [-0.1, -0.05) is 36.4 Å². The molecular weight excluding hydrogens is 300 g/mol. The van der Waals surface area contributed by atoms with Crippen molar-refractivity contribution in [1.29, 1.82) is 0 Å². The topological polar surface area (TPSA) is 43.8 Å². The third kappa shape index (κ3) is 3.04. The minimum atomic E-state index is -0.496. The molecule has 24 heavy (non-hydrogen) atoms. The van der Waals surface area contributed by atoms with Crippen LogP contribution in [0.2, 0.25) is 0 Å². The van der Waals surface area contributed by atoms with E-state index in [4.69, 9.17) is 0 Å². The maximum Gasteiger partial charge on any atom is 0.254 e. The molecule has 3 aliphatic rings. The van der Waals surface area contributed by atoms with Gasteiger partial charge in [-0.2, -0.15) is 0 Å². The summed E-state index contributed by atoms with van der Waals surface area (Å²) in [4.78, 5) is 16.5. The molecular formula is C20H24N2O2. The monoisotopic (exact) mass is 324 g/mol. The molecule has 0 bridgehead atoms. The average Bonchev–Trinajstić information content (AvgIpc) is 2.91. The second kappa shape index (κ2) is 6.54. The molecule has 1 aromatic rings. The summed E-state index contributed by atoms with van der Waals surface area (Å²) in [5.74, 6) is 0.0870. The SMILES string of the molecule is O=C1C2=C(CCC=C2)CN1C[C@H](O)CN1CCc2ccccc2C1. The Hall–Kier alpha value is -1.91. The number of fused-ring (bicyclic) bond motifs is 1. The minimum absolute atomic E-state index is 0.0870. The number of carbonyl (C=O) groups is 1. The van der Waals surface area contributed by atoms with Gasteiger partial charge in [-0.15, -0.1) is 0 Å². The molecule has 0 aromatic heterocycles. The zero-order valence-corrected chi connectivity index (χ0v) is 13.9. The number of nitrogens with zero attached hydrogens (tertiary/aromatic N) is 2. The fourth-order valence-corrected chi connectivity index (χ4v) is 4.04. The normalized spacial score (nSPS) is 21.9. The van der Waals surface area contributed by atoms with E-state index in [1.54, 1.807) is 0 Å². The number of hydrogen-bond acceptors (Lipinski definition) is 3. The summed E-state index contributed by atoms with van der Waals surface area (Å²) in [6.45, 7) is 3.60. The summed E-state index contributed by atoms with van der Waals surface area (Å²) in [6.07, 6.45) is 6.57. The van der Waals surface area contributed by atoms with Crippen molar-refractivity contribution in [3.05, 3.63) is 58.7 Å². The van der Waals surface area contributed by atoms with Gasteiger partial charge < -0.3 is 10.0 Å². The summed E-state index contributed by atoms with van der Waals surface area (Å²) >= 11 is 0. The molecule has 4 rings (SSSR count). The van der Waals surface area contributed by atoms with Crippen LogP contribution in [0.15, 0.2) is 47.6 Å². The molecule has 0 saturated heterocycles. The van der Waals surface area contributed by atoms with Crippen molar-refractivity contribution in [2.24, 2.45) is 0 Å². The van der Waals surface area contributed by atoms with Gasteiger partial charge in [0.2, 0.25) is 0 Å². The number of benzene rings is 1. The third-order valence-electron chi connectivity index (χ3n) is 5.29. The van der Waals surface area contributed by atoms with Crippen LogP contribution >= 0.6 is 0 Å². The number of β-amino-alcohol motifs (C(OH)–C–C–N with tert-alkyl or cyclic N) is 1. The van der Waals surface area contributed by atoms with Crippen molar-refractivity contribution in [3.63, 3.8) is 0 Å². The van der Waals surface area contributed by atoms with Gasteiger partial charge in [0.15, 0.2) is 0 Å². The third-order valence-corrected chi connectivity index (χ3v) is 5.29. The van der Waals surface area contributed by atoms with Crippen LogP contribution in [-0.4, -0.2) is 53.1 Å². The smallest absolute Gasteiger partial charge is 0.254 e. The van der Waals surface area contributed by atoms with E-state index in [1.165, 1.54) is 16.7 Å². The van der Waals surface area contributed by atoms with Crippen molar-refractivity contribution in [1.82, 2.24) is 9.80 Å².